The number of carbonyl (C=O) groups excluding carboxylic acids is 1. The summed E-state index contributed by atoms with van der Waals surface area (Å²) in [7, 11) is 0. The Kier molecular flexibility index (Phi) is 5.49. The largest absolute Gasteiger partial charge is 0.465 e. The first kappa shape index (κ1) is 20.0. The van der Waals surface area contributed by atoms with Gasteiger partial charge in [0.25, 0.3) is 5.56 Å². The molecular formula is C20H21FN4O5. The Bertz CT molecular complexity index is 1190. The number of rotatable bonds is 6. The zero-order valence-electron chi connectivity index (χ0n) is 16.4. The standard InChI is InChI=1S/C20H21FN4O5/c1-2-29-16(26)11-23-12-22-18-17(23)19(27)24(10-15-4-3-9-30-15)20(28)25(18)14-7-5-13(21)6-8-14/h5-8,12,15H,2-4,9-11H2,1H3/t15-/m0/s1. The van der Waals surface area contributed by atoms with Crippen molar-refractivity contribution in [2.24, 2.45) is 0 Å². The van der Waals surface area contributed by atoms with Gasteiger partial charge in [0.1, 0.15) is 12.4 Å². The van der Waals surface area contributed by atoms with Gasteiger partial charge in [0.05, 0.1) is 31.3 Å². The zero-order valence-corrected chi connectivity index (χ0v) is 16.4. The smallest absolute Gasteiger partial charge is 0.337 e. The summed E-state index contributed by atoms with van der Waals surface area (Å²) in [5, 5.41) is 0. The molecule has 0 radical (unpaired) electrons. The maximum atomic E-state index is 13.4. The SMILES string of the molecule is CCOC(=O)Cn1cnc2c1c(=O)n(C[C@@H]1CCCO1)c(=O)n2-c1ccc(F)cc1. The molecule has 0 N–H and O–H groups in total. The van der Waals surface area contributed by atoms with E-state index in [1.165, 1.54) is 39.7 Å². The molecule has 1 atom stereocenters. The van der Waals surface area contributed by atoms with Crippen molar-refractivity contribution < 1.29 is 18.7 Å². The van der Waals surface area contributed by atoms with Crippen LogP contribution in [0.1, 0.15) is 19.8 Å². The van der Waals surface area contributed by atoms with E-state index in [0.717, 1.165) is 17.4 Å². The van der Waals surface area contributed by atoms with Gasteiger partial charge in [-0.1, -0.05) is 0 Å². The molecule has 2 aromatic heterocycles. The van der Waals surface area contributed by atoms with Crippen LogP contribution in [0.15, 0.2) is 40.2 Å². The third-order valence-corrected chi connectivity index (χ3v) is 5.00. The fraction of sp³-hybridized carbons (Fsp3) is 0.400. The van der Waals surface area contributed by atoms with E-state index in [1.54, 1.807) is 6.92 Å². The summed E-state index contributed by atoms with van der Waals surface area (Å²) in [4.78, 5) is 42.6. The average molecular weight is 416 g/mol. The van der Waals surface area contributed by atoms with E-state index in [0.29, 0.717) is 12.3 Å². The molecule has 3 heterocycles. The van der Waals surface area contributed by atoms with Gasteiger partial charge in [0.15, 0.2) is 11.2 Å². The minimum absolute atomic E-state index is 0.0827. The lowest BCUT2D eigenvalue weighted by Crippen LogP contribution is -2.42. The number of fused-ring (bicyclic) bond motifs is 1. The van der Waals surface area contributed by atoms with Crippen LogP contribution < -0.4 is 11.2 Å². The van der Waals surface area contributed by atoms with E-state index >= 15 is 0 Å². The molecule has 0 unspecified atom stereocenters. The number of nitrogens with zero attached hydrogens (tertiary/aromatic N) is 4. The highest BCUT2D eigenvalue weighted by Gasteiger charge is 2.24. The number of halogens is 1. The fourth-order valence-corrected chi connectivity index (χ4v) is 3.62. The van der Waals surface area contributed by atoms with Crippen LogP contribution in [0.4, 0.5) is 4.39 Å². The van der Waals surface area contributed by atoms with Crippen molar-refractivity contribution in [3.63, 3.8) is 0 Å². The number of ether oxygens (including phenoxy) is 2. The van der Waals surface area contributed by atoms with Crippen molar-refractivity contribution >= 4 is 17.1 Å². The maximum Gasteiger partial charge on any atom is 0.337 e. The highest BCUT2D eigenvalue weighted by Crippen LogP contribution is 2.16. The summed E-state index contributed by atoms with van der Waals surface area (Å²) in [5.74, 6) is -0.982. The normalized spacial score (nSPS) is 16.3. The fourth-order valence-electron chi connectivity index (χ4n) is 3.62. The molecule has 0 bridgehead atoms. The van der Waals surface area contributed by atoms with Gasteiger partial charge in [-0.05, 0) is 44.0 Å². The molecule has 0 amide bonds. The Labute approximate surface area is 170 Å². The molecule has 0 spiro atoms. The quantitative estimate of drug-likeness (QED) is 0.561. The molecule has 1 saturated heterocycles. The molecule has 1 aliphatic rings. The summed E-state index contributed by atoms with van der Waals surface area (Å²) >= 11 is 0. The van der Waals surface area contributed by atoms with Crippen molar-refractivity contribution in [2.75, 3.05) is 13.2 Å². The van der Waals surface area contributed by atoms with Crippen LogP contribution in [-0.2, 0) is 27.4 Å². The molecule has 10 heteroatoms. The number of carbonyl (C=O) groups is 1. The van der Waals surface area contributed by atoms with Crippen molar-refractivity contribution in [2.45, 2.75) is 39.0 Å². The maximum absolute atomic E-state index is 13.4. The van der Waals surface area contributed by atoms with Crippen LogP contribution in [-0.4, -0.2) is 44.0 Å². The average Bonchev–Trinajstić information content (AvgIpc) is 3.37. The molecule has 0 saturated carbocycles. The summed E-state index contributed by atoms with van der Waals surface area (Å²) in [6.45, 7) is 2.33. The second-order valence-corrected chi connectivity index (χ2v) is 6.99. The van der Waals surface area contributed by atoms with E-state index in [4.69, 9.17) is 9.47 Å². The molecule has 1 fully saturated rings. The van der Waals surface area contributed by atoms with Gasteiger partial charge in [-0.15, -0.1) is 0 Å². The molecule has 0 aliphatic carbocycles. The van der Waals surface area contributed by atoms with Crippen molar-refractivity contribution in [1.29, 1.82) is 0 Å². The molecule has 1 aromatic carbocycles. The Morgan fingerprint density at radius 1 is 1.30 bits per heavy atom. The van der Waals surface area contributed by atoms with Crippen LogP contribution in [0.2, 0.25) is 0 Å². The number of hydrogen-bond acceptors (Lipinski definition) is 6. The molecule has 9 nitrogen and oxygen atoms in total. The minimum atomic E-state index is -0.601. The predicted molar refractivity (Wildman–Crippen MR) is 105 cm³/mol. The first-order chi connectivity index (χ1) is 14.5. The second kappa shape index (κ2) is 8.23. The Morgan fingerprint density at radius 2 is 2.07 bits per heavy atom. The lowest BCUT2D eigenvalue weighted by molar-refractivity contribution is -0.143. The van der Waals surface area contributed by atoms with E-state index in [2.05, 4.69) is 4.98 Å². The van der Waals surface area contributed by atoms with Gasteiger partial charge in [-0.2, -0.15) is 0 Å². The van der Waals surface area contributed by atoms with Crippen LogP contribution in [0, 0.1) is 5.82 Å². The van der Waals surface area contributed by atoms with Crippen LogP contribution in [0.3, 0.4) is 0 Å². The van der Waals surface area contributed by atoms with Gasteiger partial charge in [0, 0.05) is 6.61 Å². The van der Waals surface area contributed by atoms with Crippen LogP contribution in [0.25, 0.3) is 16.9 Å². The lowest BCUT2D eigenvalue weighted by atomic mass is 10.2. The highest BCUT2D eigenvalue weighted by atomic mass is 19.1. The van der Waals surface area contributed by atoms with Gasteiger partial charge < -0.3 is 14.0 Å². The first-order valence-corrected chi connectivity index (χ1v) is 9.73. The number of benzene rings is 1. The lowest BCUT2D eigenvalue weighted by Gasteiger charge is -2.15. The number of imidazole rings is 1. The minimum Gasteiger partial charge on any atom is -0.465 e. The Hall–Kier alpha value is -3.27. The zero-order chi connectivity index (χ0) is 21.3. The van der Waals surface area contributed by atoms with Crippen molar-refractivity contribution in [3.8, 4) is 5.69 Å². The van der Waals surface area contributed by atoms with Gasteiger partial charge in [-0.3, -0.25) is 14.2 Å². The third-order valence-electron chi connectivity index (χ3n) is 5.00. The highest BCUT2D eigenvalue weighted by molar-refractivity contribution is 5.76. The topological polar surface area (TPSA) is 97.4 Å². The van der Waals surface area contributed by atoms with E-state index < -0.39 is 23.0 Å². The first-order valence-electron chi connectivity index (χ1n) is 9.73. The molecule has 4 rings (SSSR count). The summed E-state index contributed by atoms with van der Waals surface area (Å²) in [6.07, 6.45) is 2.66. The van der Waals surface area contributed by atoms with Crippen molar-refractivity contribution in [3.05, 3.63) is 57.2 Å². The van der Waals surface area contributed by atoms with Gasteiger partial charge >= 0.3 is 11.7 Å². The van der Waals surface area contributed by atoms with E-state index in [-0.39, 0.29) is 37.0 Å². The Balaban J connectivity index is 1.93. The van der Waals surface area contributed by atoms with Gasteiger partial charge in [0.2, 0.25) is 0 Å². The molecule has 158 valence electrons. The molecular weight excluding hydrogens is 395 g/mol. The summed E-state index contributed by atoms with van der Waals surface area (Å²) < 4.78 is 27.7. The van der Waals surface area contributed by atoms with Crippen LogP contribution >= 0.6 is 0 Å². The Morgan fingerprint density at radius 3 is 2.73 bits per heavy atom. The molecule has 30 heavy (non-hydrogen) atoms. The van der Waals surface area contributed by atoms with Crippen molar-refractivity contribution in [1.82, 2.24) is 18.7 Å². The number of aromatic nitrogens is 4. The summed E-state index contributed by atoms with van der Waals surface area (Å²) in [6, 6.07) is 5.31. The third kappa shape index (κ3) is 3.65. The number of esters is 1. The van der Waals surface area contributed by atoms with Crippen LogP contribution in [0.5, 0.6) is 0 Å². The second-order valence-electron chi connectivity index (χ2n) is 6.99. The van der Waals surface area contributed by atoms with E-state index in [9.17, 15) is 18.8 Å². The predicted octanol–water partition coefficient (Wildman–Crippen LogP) is 1.23. The summed E-state index contributed by atoms with van der Waals surface area (Å²) in [5.41, 5.74) is -0.634. The molecule has 1 aliphatic heterocycles. The van der Waals surface area contributed by atoms with E-state index in [1.807, 2.05) is 0 Å². The monoisotopic (exact) mass is 416 g/mol. The molecule has 3 aromatic rings. The van der Waals surface area contributed by atoms with Gasteiger partial charge in [-0.25, -0.2) is 18.7 Å². The number of hydrogen-bond donors (Lipinski definition) is 0.